The van der Waals surface area contributed by atoms with Crippen molar-refractivity contribution in [3.63, 3.8) is 0 Å². The summed E-state index contributed by atoms with van der Waals surface area (Å²) in [6, 6.07) is 0. The highest BCUT2D eigenvalue weighted by molar-refractivity contribution is 7.18. The lowest BCUT2D eigenvalue weighted by Crippen LogP contribution is -1.97. The average molecular weight is 275 g/mol. The molecule has 0 aliphatic rings. The molecule has 0 amide bonds. The standard InChI is InChI=1S/C11H12Cl2N2S/c1-4-7(12)10-14-9(13)8-5(2)6(3)16-11(8)15-10/h7H,4H2,1-3H3. The van der Waals surface area contributed by atoms with E-state index in [9.17, 15) is 0 Å². The van der Waals surface area contributed by atoms with Crippen LogP contribution < -0.4 is 0 Å². The summed E-state index contributed by atoms with van der Waals surface area (Å²) < 4.78 is 0. The summed E-state index contributed by atoms with van der Waals surface area (Å²) in [5.41, 5.74) is 1.17. The molecule has 0 aliphatic carbocycles. The van der Waals surface area contributed by atoms with E-state index in [1.807, 2.05) is 13.8 Å². The lowest BCUT2D eigenvalue weighted by Gasteiger charge is -2.05. The maximum atomic E-state index is 6.18. The minimum absolute atomic E-state index is 0.162. The zero-order valence-corrected chi connectivity index (χ0v) is 11.7. The Labute approximate surface area is 109 Å². The number of halogens is 2. The van der Waals surface area contributed by atoms with E-state index in [2.05, 4.69) is 16.9 Å². The van der Waals surface area contributed by atoms with Crippen molar-refractivity contribution in [1.29, 1.82) is 0 Å². The third-order valence-corrected chi connectivity index (χ3v) is 4.52. The van der Waals surface area contributed by atoms with Crippen LogP contribution in [0.25, 0.3) is 10.2 Å². The van der Waals surface area contributed by atoms with Crippen LogP contribution in [0, 0.1) is 13.8 Å². The van der Waals surface area contributed by atoms with Crippen LogP contribution >= 0.6 is 34.5 Å². The fourth-order valence-corrected chi connectivity index (χ4v) is 3.05. The molecule has 86 valence electrons. The van der Waals surface area contributed by atoms with Crippen LogP contribution in [0.1, 0.15) is 35.0 Å². The molecule has 0 aliphatic heterocycles. The van der Waals surface area contributed by atoms with Crippen molar-refractivity contribution in [2.75, 3.05) is 0 Å². The number of aromatic nitrogens is 2. The highest BCUT2D eigenvalue weighted by Gasteiger charge is 2.16. The van der Waals surface area contributed by atoms with Gasteiger partial charge < -0.3 is 0 Å². The van der Waals surface area contributed by atoms with E-state index < -0.39 is 0 Å². The van der Waals surface area contributed by atoms with E-state index in [1.54, 1.807) is 11.3 Å². The minimum atomic E-state index is -0.162. The average Bonchev–Trinajstić information content (AvgIpc) is 2.54. The Morgan fingerprint density at radius 3 is 2.62 bits per heavy atom. The molecule has 2 rings (SSSR count). The summed E-state index contributed by atoms with van der Waals surface area (Å²) in [6.45, 7) is 6.11. The summed E-state index contributed by atoms with van der Waals surface area (Å²) in [6.07, 6.45) is 0.798. The van der Waals surface area contributed by atoms with E-state index >= 15 is 0 Å². The van der Waals surface area contributed by atoms with E-state index in [1.165, 1.54) is 10.4 Å². The Bertz CT molecular complexity index is 536. The van der Waals surface area contributed by atoms with Crippen molar-refractivity contribution < 1.29 is 0 Å². The topological polar surface area (TPSA) is 25.8 Å². The molecule has 2 nitrogen and oxygen atoms in total. The monoisotopic (exact) mass is 274 g/mol. The fourth-order valence-electron chi connectivity index (χ4n) is 1.54. The number of rotatable bonds is 2. The fraction of sp³-hybridized carbons (Fsp3) is 0.455. The highest BCUT2D eigenvalue weighted by atomic mass is 35.5. The maximum absolute atomic E-state index is 6.18. The molecule has 16 heavy (non-hydrogen) atoms. The van der Waals surface area contributed by atoms with Gasteiger partial charge >= 0.3 is 0 Å². The Morgan fingerprint density at radius 1 is 1.31 bits per heavy atom. The number of hydrogen-bond acceptors (Lipinski definition) is 3. The molecule has 0 bridgehead atoms. The molecule has 0 spiro atoms. The smallest absolute Gasteiger partial charge is 0.149 e. The van der Waals surface area contributed by atoms with Crippen molar-refractivity contribution in [1.82, 2.24) is 9.97 Å². The molecule has 5 heteroatoms. The van der Waals surface area contributed by atoms with E-state index in [0.29, 0.717) is 11.0 Å². The van der Waals surface area contributed by atoms with Crippen LogP contribution in [0.3, 0.4) is 0 Å². The summed E-state index contributed by atoms with van der Waals surface area (Å²) in [5.74, 6) is 0.628. The molecule has 2 heterocycles. The van der Waals surface area contributed by atoms with Crippen LogP contribution in [0.4, 0.5) is 0 Å². The van der Waals surface area contributed by atoms with Gasteiger partial charge in [-0.05, 0) is 25.8 Å². The van der Waals surface area contributed by atoms with Gasteiger partial charge in [0.05, 0.1) is 10.8 Å². The Kier molecular flexibility index (Phi) is 3.38. The highest BCUT2D eigenvalue weighted by Crippen LogP contribution is 2.34. The first-order chi connectivity index (χ1) is 7.54. The van der Waals surface area contributed by atoms with E-state index in [4.69, 9.17) is 23.2 Å². The normalized spacial score (nSPS) is 13.3. The van der Waals surface area contributed by atoms with Crippen LogP contribution in [0.15, 0.2) is 0 Å². The second kappa shape index (κ2) is 4.47. The van der Waals surface area contributed by atoms with Gasteiger partial charge in [-0.15, -0.1) is 22.9 Å². The lowest BCUT2D eigenvalue weighted by atomic mass is 10.2. The van der Waals surface area contributed by atoms with Gasteiger partial charge in [0.1, 0.15) is 15.8 Å². The van der Waals surface area contributed by atoms with Crippen molar-refractivity contribution in [3.05, 3.63) is 21.4 Å². The van der Waals surface area contributed by atoms with Crippen LogP contribution in [-0.2, 0) is 0 Å². The predicted octanol–water partition coefficient (Wildman–Crippen LogP) is 4.65. The number of nitrogens with zero attached hydrogens (tertiary/aromatic N) is 2. The van der Waals surface area contributed by atoms with Gasteiger partial charge in [0.15, 0.2) is 0 Å². The molecule has 0 saturated heterocycles. The quantitative estimate of drug-likeness (QED) is 0.589. The predicted molar refractivity (Wildman–Crippen MR) is 70.8 cm³/mol. The van der Waals surface area contributed by atoms with Gasteiger partial charge in [-0.1, -0.05) is 18.5 Å². The maximum Gasteiger partial charge on any atom is 0.149 e. The second-order valence-electron chi connectivity index (χ2n) is 3.71. The minimum Gasteiger partial charge on any atom is -0.220 e. The third-order valence-electron chi connectivity index (χ3n) is 2.64. The number of alkyl halides is 1. The first-order valence-electron chi connectivity index (χ1n) is 5.11. The second-order valence-corrected chi connectivity index (χ2v) is 5.80. The number of aryl methyl sites for hydroxylation is 2. The summed E-state index contributed by atoms with van der Waals surface area (Å²) in [7, 11) is 0. The zero-order valence-electron chi connectivity index (χ0n) is 9.34. The number of fused-ring (bicyclic) bond motifs is 1. The zero-order chi connectivity index (χ0) is 11.9. The molecule has 1 atom stereocenters. The van der Waals surface area contributed by atoms with Gasteiger partial charge in [0.2, 0.25) is 0 Å². The molecular weight excluding hydrogens is 263 g/mol. The number of thiophene rings is 1. The number of hydrogen-bond donors (Lipinski definition) is 0. The van der Waals surface area contributed by atoms with Crippen LogP contribution in [0.2, 0.25) is 5.15 Å². The molecule has 2 aromatic heterocycles. The van der Waals surface area contributed by atoms with Crippen molar-refractivity contribution in [2.24, 2.45) is 0 Å². The SMILES string of the molecule is CCC(Cl)c1nc(Cl)c2c(C)c(C)sc2n1. The van der Waals surface area contributed by atoms with Crippen LogP contribution in [0.5, 0.6) is 0 Å². The third kappa shape index (κ3) is 1.92. The Balaban J connectivity index is 2.68. The molecule has 0 aromatic carbocycles. The first-order valence-corrected chi connectivity index (χ1v) is 6.74. The van der Waals surface area contributed by atoms with E-state index in [-0.39, 0.29) is 5.38 Å². The van der Waals surface area contributed by atoms with Crippen molar-refractivity contribution >= 4 is 44.8 Å². The molecular formula is C11H12Cl2N2S. The molecule has 0 radical (unpaired) electrons. The van der Waals surface area contributed by atoms with Gasteiger partial charge in [0.25, 0.3) is 0 Å². The lowest BCUT2D eigenvalue weighted by molar-refractivity contribution is 0.813. The molecule has 1 unspecified atom stereocenters. The molecule has 2 aromatic rings. The van der Waals surface area contributed by atoms with Gasteiger partial charge in [0, 0.05) is 4.88 Å². The molecule has 0 N–H and O–H groups in total. The Morgan fingerprint density at radius 2 is 2.00 bits per heavy atom. The first kappa shape index (κ1) is 12.1. The van der Waals surface area contributed by atoms with Crippen molar-refractivity contribution in [2.45, 2.75) is 32.6 Å². The summed E-state index contributed by atoms with van der Waals surface area (Å²) in [4.78, 5) is 10.9. The summed E-state index contributed by atoms with van der Waals surface area (Å²) in [5, 5.41) is 1.32. The van der Waals surface area contributed by atoms with Gasteiger partial charge in [-0.2, -0.15) is 0 Å². The van der Waals surface area contributed by atoms with Gasteiger partial charge in [-0.3, -0.25) is 0 Å². The van der Waals surface area contributed by atoms with E-state index in [0.717, 1.165) is 16.6 Å². The van der Waals surface area contributed by atoms with Gasteiger partial charge in [-0.25, -0.2) is 9.97 Å². The van der Waals surface area contributed by atoms with Crippen molar-refractivity contribution in [3.8, 4) is 0 Å². The Hall–Kier alpha value is -0.380. The molecule has 0 fully saturated rings. The molecule has 0 saturated carbocycles. The summed E-state index contributed by atoms with van der Waals surface area (Å²) >= 11 is 14.0. The van der Waals surface area contributed by atoms with Crippen LogP contribution in [-0.4, -0.2) is 9.97 Å². The largest absolute Gasteiger partial charge is 0.220 e.